The summed E-state index contributed by atoms with van der Waals surface area (Å²) in [7, 11) is 0. The van der Waals surface area contributed by atoms with Gasteiger partial charge in [0.15, 0.2) is 0 Å². The summed E-state index contributed by atoms with van der Waals surface area (Å²) >= 11 is 0. The van der Waals surface area contributed by atoms with E-state index in [2.05, 4.69) is 16.9 Å². The van der Waals surface area contributed by atoms with Crippen molar-refractivity contribution in [1.82, 2.24) is 0 Å². The second-order valence-electron chi connectivity index (χ2n) is 3.87. The zero-order chi connectivity index (χ0) is 11.3. The summed E-state index contributed by atoms with van der Waals surface area (Å²) in [6, 6.07) is -0.191. The van der Waals surface area contributed by atoms with Crippen LogP contribution in [0, 0.1) is 5.92 Å². The minimum atomic E-state index is -0.191. The fraction of sp³-hybridized carbons (Fsp3) is 1.00. The highest BCUT2D eigenvalue weighted by molar-refractivity contribution is 4.91. The van der Waals surface area contributed by atoms with Crippen molar-refractivity contribution in [2.75, 3.05) is 13.2 Å². The number of ether oxygens (including phenoxy) is 2. The molecule has 1 aliphatic rings. The Hall–Kier alpha value is -0.770. The molecule has 1 heterocycles. The first-order valence-electron chi connectivity index (χ1n) is 5.52. The van der Waals surface area contributed by atoms with Crippen molar-refractivity contribution in [1.29, 1.82) is 0 Å². The van der Waals surface area contributed by atoms with Crippen molar-refractivity contribution in [3.63, 3.8) is 0 Å². The monoisotopic (exact) mass is 213 g/mol. The molecule has 0 spiro atoms. The molecule has 4 atom stereocenters. The van der Waals surface area contributed by atoms with Crippen molar-refractivity contribution < 1.29 is 9.47 Å². The standard InChI is InChI=1S/C10H19N3O2/c1-4-8-9(12-13-11)10(14-5-2)7(3)6-15-8/h7-10H,4-6H2,1-3H3/t7?,8?,9-,10+/m0/s1. The maximum absolute atomic E-state index is 8.55. The van der Waals surface area contributed by atoms with Crippen LogP contribution in [0.3, 0.4) is 0 Å². The first-order valence-corrected chi connectivity index (χ1v) is 5.52. The lowest BCUT2D eigenvalue weighted by atomic mass is 9.91. The van der Waals surface area contributed by atoms with E-state index in [9.17, 15) is 0 Å². The molecule has 0 aliphatic carbocycles. The lowest BCUT2D eigenvalue weighted by Crippen LogP contribution is -2.49. The fourth-order valence-corrected chi connectivity index (χ4v) is 2.03. The Labute approximate surface area is 90.4 Å². The van der Waals surface area contributed by atoms with Crippen LogP contribution in [0.4, 0.5) is 0 Å². The quantitative estimate of drug-likeness (QED) is 0.409. The van der Waals surface area contributed by atoms with Gasteiger partial charge in [-0.15, -0.1) is 0 Å². The van der Waals surface area contributed by atoms with Gasteiger partial charge in [-0.25, -0.2) is 0 Å². The van der Waals surface area contributed by atoms with E-state index in [0.29, 0.717) is 13.2 Å². The normalized spacial score (nSPS) is 35.9. The second kappa shape index (κ2) is 5.95. The van der Waals surface area contributed by atoms with Gasteiger partial charge >= 0.3 is 0 Å². The van der Waals surface area contributed by atoms with Crippen molar-refractivity contribution in [3.8, 4) is 0 Å². The van der Waals surface area contributed by atoms with Gasteiger partial charge in [0.25, 0.3) is 0 Å². The van der Waals surface area contributed by atoms with E-state index < -0.39 is 0 Å². The molecule has 86 valence electrons. The largest absolute Gasteiger partial charge is 0.378 e. The number of hydrogen-bond acceptors (Lipinski definition) is 3. The Bertz CT molecular complexity index is 241. The molecule has 0 aromatic rings. The summed E-state index contributed by atoms with van der Waals surface area (Å²) in [5.74, 6) is 0.281. The maximum atomic E-state index is 8.55. The van der Waals surface area contributed by atoms with Crippen LogP contribution in [-0.2, 0) is 9.47 Å². The SMILES string of the molecule is CCO[C@@H]1C(C)COC(CC)[C@@H]1N=[N+]=[N-]. The van der Waals surface area contributed by atoms with E-state index in [-0.39, 0.29) is 24.2 Å². The molecule has 1 aliphatic heterocycles. The average molecular weight is 213 g/mol. The Balaban J connectivity index is 2.79. The smallest absolute Gasteiger partial charge is 0.0901 e. The summed E-state index contributed by atoms with van der Waals surface area (Å²) < 4.78 is 11.3. The lowest BCUT2D eigenvalue weighted by molar-refractivity contribution is -0.117. The third kappa shape index (κ3) is 2.84. The molecule has 0 saturated carbocycles. The molecule has 0 bridgehead atoms. The third-order valence-electron chi connectivity index (χ3n) is 2.80. The highest BCUT2D eigenvalue weighted by atomic mass is 16.5. The molecular weight excluding hydrogens is 194 g/mol. The Morgan fingerprint density at radius 3 is 2.80 bits per heavy atom. The van der Waals surface area contributed by atoms with E-state index >= 15 is 0 Å². The van der Waals surface area contributed by atoms with Gasteiger partial charge in [-0.1, -0.05) is 19.0 Å². The zero-order valence-corrected chi connectivity index (χ0v) is 9.59. The molecule has 1 fully saturated rings. The van der Waals surface area contributed by atoms with Crippen molar-refractivity contribution in [3.05, 3.63) is 10.4 Å². The molecule has 0 amide bonds. The topological polar surface area (TPSA) is 67.2 Å². The van der Waals surface area contributed by atoms with Crippen LogP contribution in [-0.4, -0.2) is 31.5 Å². The molecular formula is C10H19N3O2. The average Bonchev–Trinajstić information content (AvgIpc) is 2.24. The number of nitrogens with zero attached hydrogens (tertiary/aromatic N) is 3. The van der Waals surface area contributed by atoms with E-state index in [1.54, 1.807) is 0 Å². The first-order chi connectivity index (χ1) is 7.24. The third-order valence-corrected chi connectivity index (χ3v) is 2.80. The second-order valence-corrected chi connectivity index (χ2v) is 3.87. The summed E-state index contributed by atoms with van der Waals surface area (Å²) in [5.41, 5.74) is 8.55. The van der Waals surface area contributed by atoms with E-state index in [1.165, 1.54) is 0 Å². The van der Waals surface area contributed by atoms with Crippen LogP contribution < -0.4 is 0 Å². The van der Waals surface area contributed by atoms with Crippen LogP contribution in [0.15, 0.2) is 5.11 Å². The van der Waals surface area contributed by atoms with Gasteiger partial charge in [-0.05, 0) is 18.9 Å². The molecule has 5 nitrogen and oxygen atoms in total. The zero-order valence-electron chi connectivity index (χ0n) is 9.59. The maximum Gasteiger partial charge on any atom is 0.0901 e. The summed E-state index contributed by atoms with van der Waals surface area (Å²) in [5, 5.41) is 3.82. The highest BCUT2D eigenvalue weighted by Gasteiger charge is 2.37. The minimum absolute atomic E-state index is 0.00588. The molecule has 2 unspecified atom stereocenters. The molecule has 0 radical (unpaired) electrons. The van der Waals surface area contributed by atoms with Gasteiger partial charge in [0.2, 0.25) is 0 Å². The molecule has 15 heavy (non-hydrogen) atoms. The van der Waals surface area contributed by atoms with E-state index in [0.717, 1.165) is 6.42 Å². The summed E-state index contributed by atoms with van der Waals surface area (Å²) in [6.45, 7) is 7.37. The van der Waals surface area contributed by atoms with Crippen LogP contribution in [0.5, 0.6) is 0 Å². The van der Waals surface area contributed by atoms with Crippen LogP contribution in [0.1, 0.15) is 27.2 Å². The van der Waals surface area contributed by atoms with Crippen molar-refractivity contribution in [2.45, 2.75) is 45.4 Å². The Morgan fingerprint density at radius 2 is 2.27 bits per heavy atom. The van der Waals surface area contributed by atoms with Crippen molar-refractivity contribution >= 4 is 0 Å². The summed E-state index contributed by atoms with van der Waals surface area (Å²) in [4.78, 5) is 2.89. The van der Waals surface area contributed by atoms with Gasteiger partial charge in [-0.2, -0.15) is 0 Å². The predicted molar refractivity (Wildman–Crippen MR) is 57.5 cm³/mol. The van der Waals surface area contributed by atoms with Gasteiger partial charge in [0.1, 0.15) is 0 Å². The number of azide groups is 1. The van der Waals surface area contributed by atoms with Gasteiger partial charge in [-0.3, -0.25) is 0 Å². The first kappa shape index (κ1) is 12.3. The molecule has 0 aromatic carbocycles. The van der Waals surface area contributed by atoms with Gasteiger partial charge in [0, 0.05) is 17.4 Å². The highest BCUT2D eigenvalue weighted by Crippen LogP contribution is 2.27. The molecule has 1 rings (SSSR count). The van der Waals surface area contributed by atoms with E-state index in [4.69, 9.17) is 15.0 Å². The fourth-order valence-electron chi connectivity index (χ4n) is 2.03. The van der Waals surface area contributed by atoms with Crippen LogP contribution in [0.2, 0.25) is 0 Å². The molecule has 5 heteroatoms. The van der Waals surface area contributed by atoms with Crippen molar-refractivity contribution in [2.24, 2.45) is 11.0 Å². The predicted octanol–water partition coefficient (Wildman–Crippen LogP) is 2.52. The van der Waals surface area contributed by atoms with E-state index in [1.807, 2.05) is 13.8 Å². The summed E-state index contributed by atoms with van der Waals surface area (Å²) in [6.07, 6.45) is 0.832. The lowest BCUT2D eigenvalue weighted by Gasteiger charge is -2.38. The Kier molecular flexibility index (Phi) is 4.88. The van der Waals surface area contributed by atoms with Crippen LogP contribution >= 0.6 is 0 Å². The number of rotatable bonds is 4. The molecule has 0 aromatic heterocycles. The van der Waals surface area contributed by atoms with Crippen LogP contribution in [0.25, 0.3) is 10.4 Å². The minimum Gasteiger partial charge on any atom is -0.378 e. The van der Waals surface area contributed by atoms with Gasteiger partial charge < -0.3 is 9.47 Å². The van der Waals surface area contributed by atoms with Gasteiger partial charge in [0.05, 0.1) is 24.9 Å². The molecule has 0 N–H and O–H groups in total. The molecule has 1 saturated heterocycles. The Morgan fingerprint density at radius 1 is 1.53 bits per heavy atom. The number of hydrogen-bond donors (Lipinski definition) is 0.